The highest BCUT2D eigenvalue weighted by Gasteiger charge is 2.31. The molecule has 0 saturated carbocycles. The largest absolute Gasteiger partial charge is 0.477 e. The molecule has 0 aromatic heterocycles. The molecule has 0 fully saturated rings. The number of rotatable bonds is 35. The first kappa shape index (κ1) is 52.0. The first-order valence-electron chi connectivity index (χ1n) is 21.0. The molecule has 0 spiro atoms. The van der Waals surface area contributed by atoms with Crippen LogP contribution in [0.15, 0.2) is 109 Å². The number of hydrogen-bond acceptors (Lipinski definition) is 6. The molecule has 0 amide bonds. The predicted molar refractivity (Wildman–Crippen MR) is 233 cm³/mol. The molecule has 0 aromatic carbocycles. The summed E-state index contributed by atoms with van der Waals surface area (Å²) >= 11 is 0. The Morgan fingerprint density at radius 3 is 1.64 bits per heavy atom. The Morgan fingerprint density at radius 1 is 0.554 bits per heavy atom. The Balaban J connectivity index is 4.54. The van der Waals surface area contributed by atoms with Gasteiger partial charge in [0.2, 0.25) is 0 Å². The quantitative estimate of drug-likeness (QED) is 0.0225. The highest BCUT2D eigenvalue weighted by Crippen LogP contribution is 2.12. The molecule has 0 aliphatic heterocycles. The van der Waals surface area contributed by atoms with Gasteiger partial charge in [0.05, 0.1) is 34.4 Å². The van der Waals surface area contributed by atoms with E-state index in [-0.39, 0.29) is 49.1 Å². The van der Waals surface area contributed by atoms with E-state index < -0.39 is 18.1 Å². The van der Waals surface area contributed by atoms with Crippen LogP contribution in [0, 0.1) is 0 Å². The van der Waals surface area contributed by atoms with Gasteiger partial charge in [-0.25, -0.2) is 4.79 Å². The Labute approximate surface area is 340 Å². The van der Waals surface area contributed by atoms with Crippen LogP contribution in [0.3, 0.4) is 0 Å². The van der Waals surface area contributed by atoms with E-state index in [1.165, 1.54) is 0 Å². The summed E-state index contributed by atoms with van der Waals surface area (Å²) in [6.45, 7) is 4.36. The minimum atomic E-state index is -0.893. The molecule has 56 heavy (non-hydrogen) atoms. The third kappa shape index (κ3) is 35.7. The summed E-state index contributed by atoms with van der Waals surface area (Å²) < 4.78 is 17.2. The maximum atomic E-state index is 12.7. The van der Waals surface area contributed by atoms with E-state index in [0.717, 1.165) is 83.5 Å². The van der Waals surface area contributed by atoms with Crippen molar-refractivity contribution < 1.29 is 38.2 Å². The predicted octanol–water partition coefficient (Wildman–Crippen LogP) is 11.3. The lowest BCUT2D eigenvalue weighted by atomic mass is 10.1. The topological polar surface area (TPSA) is 99.1 Å². The Morgan fingerprint density at radius 2 is 1.05 bits per heavy atom. The molecule has 0 rings (SSSR count). The molecule has 8 nitrogen and oxygen atoms in total. The molecule has 0 radical (unpaired) electrons. The number of allylic oxidation sites excluding steroid dienone is 18. The van der Waals surface area contributed by atoms with Crippen LogP contribution >= 0.6 is 0 Å². The number of aliphatic carboxylic acids is 1. The molecule has 0 saturated heterocycles. The van der Waals surface area contributed by atoms with Gasteiger partial charge in [-0.2, -0.15) is 0 Å². The molecule has 0 aliphatic rings. The molecule has 8 heteroatoms. The van der Waals surface area contributed by atoms with Gasteiger partial charge < -0.3 is 23.8 Å². The van der Waals surface area contributed by atoms with Crippen LogP contribution in [0.1, 0.15) is 123 Å². The van der Waals surface area contributed by atoms with Gasteiger partial charge in [-0.3, -0.25) is 9.59 Å². The molecular formula is C48H76NO7+. The monoisotopic (exact) mass is 779 g/mol. The zero-order chi connectivity index (χ0) is 41.4. The SMILES string of the molecule is CC/C=C/C=C/C=C/C=C/CCCCCCCC(=O)OC(COCCC(C(=O)O)[N+](C)(C)C)COC(=O)CCC/C=C/C/C=C/C/C=C/C/C=C/C/C=C/CC. The molecule has 0 heterocycles. The third-order valence-corrected chi connectivity index (χ3v) is 8.51. The van der Waals surface area contributed by atoms with Crippen molar-refractivity contribution >= 4 is 17.9 Å². The smallest absolute Gasteiger partial charge is 0.362 e. The van der Waals surface area contributed by atoms with Crippen molar-refractivity contribution in [3.05, 3.63) is 109 Å². The van der Waals surface area contributed by atoms with Crippen LogP contribution in [0.25, 0.3) is 0 Å². The van der Waals surface area contributed by atoms with E-state index in [9.17, 15) is 19.5 Å². The lowest BCUT2D eigenvalue weighted by molar-refractivity contribution is -0.887. The lowest BCUT2D eigenvalue weighted by Crippen LogP contribution is -2.50. The number of esters is 2. The number of quaternary nitrogens is 1. The van der Waals surface area contributed by atoms with Crippen LogP contribution in [-0.4, -0.2) is 80.6 Å². The second kappa shape index (κ2) is 37.9. The van der Waals surface area contributed by atoms with Crippen LogP contribution in [-0.2, 0) is 28.6 Å². The number of ether oxygens (including phenoxy) is 3. The minimum Gasteiger partial charge on any atom is -0.477 e. The number of carboxylic acids is 1. The fourth-order valence-corrected chi connectivity index (χ4v) is 5.31. The molecule has 2 unspecified atom stereocenters. The normalized spacial score (nSPS) is 14.1. The third-order valence-electron chi connectivity index (χ3n) is 8.51. The van der Waals surface area contributed by atoms with Crippen molar-refractivity contribution in [2.75, 3.05) is 41.0 Å². The zero-order valence-corrected chi connectivity index (χ0v) is 35.5. The molecule has 2 atom stereocenters. The van der Waals surface area contributed by atoms with Crippen molar-refractivity contribution in [1.29, 1.82) is 0 Å². The van der Waals surface area contributed by atoms with Crippen molar-refractivity contribution in [2.24, 2.45) is 0 Å². The van der Waals surface area contributed by atoms with Gasteiger partial charge in [0.1, 0.15) is 6.61 Å². The van der Waals surface area contributed by atoms with Gasteiger partial charge in [-0.1, -0.05) is 142 Å². The second-order valence-electron chi connectivity index (χ2n) is 14.6. The summed E-state index contributed by atoms with van der Waals surface area (Å²) in [5.74, 6) is -1.59. The first-order chi connectivity index (χ1) is 27.1. The number of likely N-dealkylation sites (N-methyl/N-ethyl adjacent to an activating group) is 1. The average molecular weight is 779 g/mol. The van der Waals surface area contributed by atoms with Gasteiger partial charge in [-0.05, 0) is 70.6 Å². The van der Waals surface area contributed by atoms with Gasteiger partial charge in [0.15, 0.2) is 12.1 Å². The highest BCUT2D eigenvalue weighted by atomic mass is 16.6. The fourth-order valence-electron chi connectivity index (χ4n) is 5.31. The van der Waals surface area contributed by atoms with E-state index in [2.05, 4.69) is 92.8 Å². The van der Waals surface area contributed by atoms with Gasteiger partial charge in [-0.15, -0.1) is 0 Å². The number of nitrogens with zero attached hydrogens (tertiary/aromatic N) is 1. The van der Waals surface area contributed by atoms with Gasteiger partial charge in [0, 0.05) is 19.3 Å². The maximum Gasteiger partial charge on any atom is 0.362 e. The van der Waals surface area contributed by atoms with Crippen molar-refractivity contribution in [3.63, 3.8) is 0 Å². The van der Waals surface area contributed by atoms with Gasteiger partial charge >= 0.3 is 17.9 Å². The van der Waals surface area contributed by atoms with E-state index >= 15 is 0 Å². The molecule has 0 bridgehead atoms. The summed E-state index contributed by atoms with van der Waals surface area (Å²) in [5.41, 5.74) is 0. The number of hydrogen-bond donors (Lipinski definition) is 1. The molecule has 1 N–H and O–H groups in total. The Bertz CT molecular complexity index is 1280. The molecule has 314 valence electrons. The van der Waals surface area contributed by atoms with Crippen LogP contribution in [0.2, 0.25) is 0 Å². The lowest BCUT2D eigenvalue weighted by Gasteiger charge is -2.31. The van der Waals surface area contributed by atoms with Gasteiger partial charge in [0.25, 0.3) is 0 Å². The average Bonchev–Trinajstić information content (AvgIpc) is 3.15. The van der Waals surface area contributed by atoms with Crippen LogP contribution < -0.4 is 0 Å². The van der Waals surface area contributed by atoms with E-state index in [0.29, 0.717) is 12.8 Å². The fraction of sp³-hybridized carbons (Fsp3) is 0.562. The first-order valence-corrected chi connectivity index (χ1v) is 21.0. The highest BCUT2D eigenvalue weighted by molar-refractivity contribution is 5.72. The Kier molecular flexibility index (Phi) is 35.2. The van der Waals surface area contributed by atoms with Crippen LogP contribution in [0.5, 0.6) is 0 Å². The summed E-state index contributed by atoms with van der Waals surface area (Å²) in [5, 5.41) is 9.61. The summed E-state index contributed by atoms with van der Waals surface area (Å²) in [6.07, 6.45) is 51.4. The van der Waals surface area contributed by atoms with E-state index in [1.807, 2.05) is 51.5 Å². The molecule has 0 aliphatic carbocycles. The Hall–Kier alpha value is -4.01. The molecule has 0 aromatic rings. The summed E-state index contributed by atoms with van der Waals surface area (Å²) in [6, 6.07) is -0.634. The number of carbonyl (C=O) groups is 3. The van der Waals surface area contributed by atoms with Crippen LogP contribution in [0.4, 0.5) is 0 Å². The van der Waals surface area contributed by atoms with Crippen molar-refractivity contribution in [1.82, 2.24) is 0 Å². The summed E-state index contributed by atoms with van der Waals surface area (Å²) in [4.78, 5) is 36.9. The zero-order valence-electron chi connectivity index (χ0n) is 35.5. The minimum absolute atomic E-state index is 0.0252. The van der Waals surface area contributed by atoms with E-state index in [1.54, 1.807) is 0 Å². The van der Waals surface area contributed by atoms with E-state index in [4.69, 9.17) is 14.2 Å². The second-order valence-corrected chi connectivity index (χ2v) is 14.6. The van der Waals surface area contributed by atoms with Crippen molar-refractivity contribution in [3.8, 4) is 0 Å². The number of carboxylic acid groups (broad SMARTS) is 1. The number of unbranched alkanes of at least 4 members (excludes halogenated alkanes) is 6. The maximum absolute atomic E-state index is 12.7. The molecular weight excluding hydrogens is 703 g/mol. The summed E-state index contributed by atoms with van der Waals surface area (Å²) in [7, 11) is 5.48. The van der Waals surface area contributed by atoms with Crippen molar-refractivity contribution in [2.45, 2.75) is 135 Å². The number of carbonyl (C=O) groups excluding carboxylic acids is 2. The standard InChI is InChI=1S/C48H75NO7/c1-6-8-10-12-14-16-18-20-22-23-25-26-28-30-32-34-36-38-46(50)55-43-44(42-54-41-40-45(48(52)53)49(3,4)5)56-47(51)39-37-35-33-31-29-27-24-21-19-17-15-13-11-9-7-2/h8-11,13-17,19-22,24-26,30,32,44-45H,6-7,12,18,23,27-29,31,33-43H2,1-5H3/p+1/b10-8+,11-9+,15-13+,16-14+,19-17+,22-20+,24-21+,26-25+,32-30+.